The molecule has 0 aliphatic carbocycles. The molecule has 7 heteroatoms. The Kier molecular flexibility index (Phi) is 6.72. The van der Waals surface area contributed by atoms with Crippen LogP contribution < -0.4 is 4.74 Å². The quantitative estimate of drug-likeness (QED) is 0.572. The SMILES string of the molecule is COc1c(C(=O)N2CCOCC2)cc(Cc2ccc(-c3ccc(C)nc3)nc2)c(C)c1Cl. The molecule has 1 aliphatic heterocycles. The summed E-state index contributed by atoms with van der Waals surface area (Å²) in [7, 11) is 1.54. The molecule has 166 valence electrons. The van der Waals surface area contributed by atoms with Gasteiger partial charge < -0.3 is 14.4 Å². The molecule has 2 aromatic heterocycles. The summed E-state index contributed by atoms with van der Waals surface area (Å²) in [5.41, 5.74) is 6.20. The highest BCUT2D eigenvalue weighted by molar-refractivity contribution is 6.33. The molecular weight excluding hydrogens is 426 g/mol. The highest BCUT2D eigenvalue weighted by atomic mass is 35.5. The lowest BCUT2D eigenvalue weighted by Gasteiger charge is -2.28. The number of pyridine rings is 2. The maximum atomic E-state index is 13.2. The summed E-state index contributed by atoms with van der Waals surface area (Å²) < 4.78 is 10.9. The van der Waals surface area contributed by atoms with E-state index < -0.39 is 0 Å². The number of aromatic nitrogens is 2. The summed E-state index contributed by atoms with van der Waals surface area (Å²) in [6.07, 6.45) is 4.29. The van der Waals surface area contributed by atoms with Crippen LogP contribution in [0.4, 0.5) is 0 Å². The summed E-state index contributed by atoms with van der Waals surface area (Å²) in [5.74, 6) is 0.332. The average Bonchev–Trinajstić information content (AvgIpc) is 2.83. The van der Waals surface area contributed by atoms with E-state index in [0.29, 0.717) is 49.1 Å². The van der Waals surface area contributed by atoms with Crippen molar-refractivity contribution in [2.45, 2.75) is 20.3 Å². The van der Waals surface area contributed by atoms with Crippen LogP contribution in [0.2, 0.25) is 5.02 Å². The highest BCUT2D eigenvalue weighted by Crippen LogP contribution is 2.36. The Balaban J connectivity index is 1.62. The van der Waals surface area contributed by atoms with E-state index >= 15 is 0 Å². The van der Waals surface area contributed by atoms with Crippen molar-refractivity contribution < 1.29 is 14.3 Å². The van der Waals surface area contributed by atoms with E-state index in [4.69, 9.17) is 21.1 Å². The van der Waals surface area contributed by atoms with Crippen molar-refractivity contribution in [1.29, 1.82) is 0 Å². The highest BCUT2D eigenvalue weighted by Gasteiger charge is 2.25. The number of carbonyl (C=O) groups excluding carboxylic acids is 1. The fourth-order valence-electron chi connectivity index (χ4n) is 3.80. The molecule has 32 heavy (non-hydrogen) atoms. The zero-order chi connectivity index (χ0) is 22.7. The van der Waals surface area contributed by atoms with Gasteiger partial charge in [-0.25, -0.2) is 0 Å². The first-order valence-electron chi connectivity index (χ1n) is 10.6. The predicted molar refractivity (Wildman–Crippen MR) is 124 cm³/mol. The van der Waals surface area contributed by atoms with E-state index in [9.17, 15) is 4.79 Å². The lowest BCUT2D eigenvalue weighted by molar-refractivity contribution is 0.0301. The molecule has 1 fully saturated rings. The third-order valence-electron chi connectivity index (χ3n) is 5.73. The first kappa shape index (κ1) is 22.2. The lowest BCUT2D eigenvalue weighted by Crippen LogP contribution is -2.40. The zero-order valence-corrected chi connectivity index (χ0v) is 19.3. The van der Waals surface area contributed by atoms with Crippen LogP contribution in [0, 0.1) is 13.8 Å². The molecule has 3 heterocycles. The molecule has 0 radical (unpaired) electrons. The summed E-state index contributed by atoms with van der Waals surface area (Å²) in [5, 5.41) is 0.469. The Morgan fingerprint density at radius 3 is 2.53 bits per heavy atom. The number of amides is 1. The predicted octanol–water partition coefficient (Wildman–Crippen LogP) is 4.49. The van der Waals surface area contributed by atoms with E-state index in [1.165, 1.54) is 0 Å². The van der Waals surface area contributed by atoms with E-state index in [1.54, 1.807) is 12.0 Å². The van der Waals surface area contributed by atoms with Gasteiger partial charge in [0.1, 0.15) is 5.75 Å². The molecule has 0 saturated carbocycles. The minimum Gasteiger partial charge on any atom is -0.494 e. The Morgan fingerprint density at radius 2 is 1.91 bits per heavy atom. The monoisotopic (exact) mass is 451 g/mol. The van der Waals surface area contributed by atoms with Gasteiger partial charge in [-0.05, 0) is 61.2 Å². The van der Waals surface area contributed by atoms with Gasteiger partial charge in [0, 0.05) is 36.7 Å². The largest absolute Gasteiger partial charge is 0.494 e. The molecule has 0 spiro atoms. The molecule has 0 atom stereocenters. The van der Waals surface area contributed by atoms with Gasteiger partial charge in [-0.3, -0.25) is 14.8 Å². The topological polar surface area (TPSA) is 64.5 Å². The number of hydrogen-bond donors (Lipinski definition) is 0. The Morgan fingerprint density at radius 1 is 1.12 bits per heavy atom. The van der Waals surface area contributed by atoms with Crippen LogP contribution in [-0.4, -0.2) is 54.2 Å². The van der Waals surface area contributed by atoms with Gasteiger partial charge >= 0.3 is 0 Å². The van der Waals surface area contributed by atoms with Gasteiger partial charge in [0.25, 0.3) is 5.91 Å². The third kappa shape index (κ3) is 4.61. The van der Waals surface area contributed by atoms with Crippen LogP contribution in [0.3, 0.4) is 0 Å². The van der Waals surface area contributed by atoms with Crippen molar-refractivity contribution in [3.8, 4) is 17.0 Å². The van der Waals surface area contributed by atoms with Crippen molar-refractivity contribution in [1.82, 2.24) is 14.9 Å². The van der Waals surface area contributed by atoms with Gasteiger partial charge in [0.2, 0.25) is 0 Å². The molecule has 1 aliphatic rings. The standard InChI is InChI=1S/C25H26ClN3O3/c1-16-4-6-19(15-27-16)22-7-5-18(14-28-22)12-20-13-21(24(31-3)23(26)17(20)2)25(30)29-8-10-32-11-9-29/h4-7,13-15H,8-12H2,1-3H3. The van der Waals surface area contributed by atoms with Crippen LogP contribution >= 0.6 is 11.6 Å². The summed E-state index contributed by atoms with van der Waals surface area (Å²) in [4.78, 5) is 23.9. The maximum Gasteiger partial charge on any atom is 0.257 e. The van der Waals surface area contributed by atoms with E-state index in [1.807, 2.05) is 56.6 Å². The van der Waals surface area contributed by atoms with E-state index in [0.717, 1.165) is 33.6 Å². The number of aryl methyl sites for hydroxylation is 1. The van der Waals surface area contributed by atoms with E-state index in [2.05, 4.69) is 9.97 Å². The zero-order valence-electron chi connectivity index (χ0n) is 18.5. The summed E-state index contributed by atoms with van der Waals surface area (Å²) in [6.45, 7) is 6.10. The number of hydrogen-bond acceptors (Lipinski definition) is 5. The number of carbonyl (C=O) groups is 1. The molecule has 1 aromatic carbocycles. The molecule has 0 N–H and O–H groups in total. The van der Waals surface area contributed by atoms with Crippen molar-refractivity contribution in [2.75, 3.05) is 33.4 Å². The molecule has 6 nitrogen and oxygen atoms in total. The van der Waals surface area contributed by atoms with Crippen LogP contribution in [0.25, 0.3) is 11.3 Å². The number of methoxy groups -OCH3 is 1. The first-order chi connectivity index (χ1) is 15.5. The molecule has 1 saturated heterocycles. The van der Waals surface area contributed by atoms with Gasteiger partial charge in [-0.1, -0.05) is 17.7 Å². The Hall–Kier alpha value is -2.96. The summed E-state index contributed by atoms with van der Waals surface area (Å²) >= 11 is 6.63. The normalized spacial score (nSPS) is 13.8. The molecule has 0 unspecified atom stereocenters. The number of nitrogens with zero attached hydrogens (tertiary/aromatic N) is 3. The molecule has 3 aromatic rings. The van der Waals surface area contributed by atoms with Crippen LogP contribution in [0.5, 0.6) is 5.75 Å². The molecular formula is C25H26ClN3O3. The maximum absolute atomic E-state index is 13.2. The van der Waals surface area contributed by atoms with Gasteiger partial charge in [0.15, 0.2) is 0 Å². The second-order valence-corrected chi connectivity index (χ2v) is 8.25. The lowest BCUT2D eigenvalue weighted by atomic mass is 9.97. The fourth-order valence-corrected chi connectivity index (χ4v) is 4.10. The van der Waals surface area contributed by atoms with Gasteiger partial charge in [-0.2, -0.15) is 0 Å². The number of halogens is 1. The number of ether oxygens (including phenoxy) is 2. The summed E-state index contributed by atoms with van der Waals surface area (Å²) in [6, 6.07) is 9.92. The van der Waals surface area contributed by atoms with Crippen molar-refractivity contribution in [3.05, 3.63) is 75.7 Å². The van der Waals surface area contributed by atoms with Crippen LogP contribution in [0.15, 0.2) is 42.7 Å². The minimum atomic E-state index is -0.0892. The smallest absolute Gasteiger partial charge is 0.257 e. The Labute approximate surface area is 193 Å². The fraction of sp³-hybridized carbons (Fsp3) is 0.320. The number of benzene rings is 1. The van der Waals surface area contributed by atoms with Crippen molar-refractivity contribution in [3.63, 3.8) is 0 Å². The minimum absolute atomic E-state index is 0.0892. The molecule has 0 bridgehead atoms. The van der Waals surface area contributed by atoms with Gasteiger partial charge in [0.05, 0.1) is 36.6 Å². The van der Waals surface area contributed by atoms with Gasteiger partial charge in [-0.15, -0.1) is 0 Å². The van der Waals surface area contributed by atoms with E-state index in [-0.39, 0.29) is 5.91 Å². The second kappa shape index (κ2) is 9.67. The number of morpholine rings is 1. The number of rotatable bonds is 5. The Bertz CT molecular complexity index is 1110. The molecule has 1 amide bonds. The van der Waals surface area contributed by atoms with Crippen molar-refractivity contribution >= 4 is 17.5 Å². The second-order valence-electron chi connectivity index (χ2n) is 7.88. The first-order valence-corrected chi connectivity index (χ1v) is 11.0. The van der Waals surface area contributed by atoms with Crippen LogP contribution in [-0.2, 0) is 11.2 Å². The van der Waals surface area contributed by atoms with Crippen LogP contribution in [0.1, 0.15) is 32.7 Å². The van der Waals surface area contributed by atoms with Crippen molar-refractivity contribution in [2.24, 2.45) is 0 Å². The average molecular weight is 452 g/mol. The molecule has 4 rings (SSSR count). The third-order valence-corrected chi connectivity index (χ3v) is 6.19.